The third-order valence-electron chi connectivity index (χ3n) is 4.99. The van der Waals surface area contributed by atoms with Gasteiger partial charge in [-0.2, -0.15) is 0 Å². The fourth-order valence-corrected chi connectivity index (χ4v) is 4.66. The number of hydrogen-bond donors (Lipinski definition) is 1. The third-order valence-corrected chi connectivity index (χ3v) is 5.83. The molecule has 2 nitrogen and oxygen atoms in total. The van der Waals surface area contributed by atoms with Crippen molar-refractivity contribution in [1.82, 2.24) is 4.90 Å². The molecule has 3 unspecified atom stereocenters. The van der Waals surface area contributed by atoms with E-state index in [1.165, 1.54) is 44.2 Å². The third kappa shape index (κ3) is 2.78. The van der Waals surface area contributed by atoms with Crippen LogP contribution < -0.4 is 5.73 Å². The van der Waals surface area contributed by atoms with Crippen LogP contribution in [0.15, 0.2) is 22.7 Å². The number of halogens is 2. The monoisotopic (exact) mass is 356 g/mol. The van der Waals surface area contributed by atoms with Gasteiger partial charge in [0.15, 0.2) is 0 Å². The molecule has 1 saturated heterocycles. The van der Waals surface area contributed by atoms with Gasteiger partial charge in [0.2, 0.25) is 0 Å². The van der Waals surface area contributed by atoms with Crippen LogP contribution in [-0.4, -0.2) is 24.0 Å². The van der Waals surface area contributed by atoms with Gasteiger partial charge >= 0.3 is 0 Å². The molecular formula is C16H22BrClN2. The van der Waals surface area contributed by atoms with E-state index in [1.54, 1.807) is 0 Å². The minimum Gasteiger partial charge on any atom is -0.329 e. The van der Waals surface area contributed by atoms with Gasteiger partial charge in [-0.3, -0.25) is 4.90 Å². The zero-order valence-corrected chi connectivity index (χ0v) is 14.0. The summed E-state index contributed by atoms with van der Waals surface area (Å²) < 4.78 is 1.08. The number of fused-ring (bicyclic) bond motifs is 1. The van der Waals surface area contributed by atoms with Crippen molar-refractivity contribution >= 4 is 27.5 Å². The summed E-state index contributed by atoms with van der Waals surface area (Å²) in [7, 11) is 0. The summed E-state index contributed by atoms with van der Waals surface area (Å²) >= 11 is 9.97. The zero-order chi connectivity index (χ0) is 14.1. The SMILES string of the molecule is NCC(c1cc(Br)ccc1Cl)N1CCC2CCCCC21. The Morgan fingerprint density at radius 1 is 1.30 bits per heavy atom. The van der Waals surface area contributed by atoms with E-state index < -0.39 is 0 Å². The minimum absolute atomic E-state index is 0.257. The van der Waals surface area contributed by atoms with Gasteiger partial charge in [0, 0.05) is 28.1 Å². The molecule has 1 aromatic carbocycles. The Morgan fingerprint density at radius 2 is 2.10 bits per heavy atom. The van der Waals surface area contributed by atoms with Crippen LogP contribution in [0.3, 0.4) is 0 Å². The van der Waals surface area contributed by atoms with Gasteiger partial charge < -0.3 is 5.73 Å². The standard InChI is InChI=1S/C16H22BrClN2/c17-12-5-6-14(18)13(9-12)16(10-19)20-8-7-11-3-1-2-4-15(11)20/h5-6,9,11,15-16H,1-4,7-8,10,19H2. The number of nitrogens with zero attached hydrogens (tertiary/aromatic N) is 1. The highest BCUT2D eigenvalue weighted by atomic mass is 79.9. The summed E-state index contributed by atoms with van der Waals surface area (Å²) in [5, 5.41) is 0.836. The van der Waals surface area contributed by atoms with E-state index in [2.05, 4.69) is 26.9 Å². The molecule has 2 fully saturated rings. The van der Waals surface area contributed by atoms with Crippen molar-refractivity contribution in [2.75, 3.05) is 13.1 Å². The lowest BCUT2D eigenvalue weighted by Gasteiger charge is -2.37. The Hall–Kier alpha value is -0.0900. The van der Waals surface area contributed by atoms with Crippen LogP contribution in [0.5, 0.6) is 0 Å². The molecule has 3 atom stereocenters. The normalized spacial score (nSPS) is 28.4. The number of nitrogens with two attached hydrogens (primary N) is 1. The van der Waals surface area contributed by atoms with Crippen LogP contribution in [-0.2, 0) is 0 Å². The van der Waals surface area contributed by atoms with E-state index in [-0.39, 0.29) is 6.04 Å². The Balaban J connectivity index is 1.88. The maximum Gasteiger partial charge on any atom is 0.0488 e. The molecule has 1 heterocycles. The second-order valence-corrected chi connectivity index (χ2v) is 7.38. The summed E-state index contributed by atoms with van der Waals surface area (Å²) in [6.45, 7) is 1.80. The highest BCUT2D eigenvalue weighted by Crippen LogP contribution is 2.41. The van der Waals surface area contributed by atoms with Crippen LogP contribution in [0.2, 0.25) is 5.02 Å². The average molecular weight is 358 g/mol. The van der Waals surface area contributed by atoms with Gasteiger partial charge in [-0.05, 0) is 55.5 Å². The second-order valence-electron chi connectivity index (χ2n) is 6.06. The number of likely N-dealkylation sites (tertiary alicyclic amines) is 1. The molecule has 20 heavy (non-hydrogen) atoms. The number of benzene rings is 1. The van der Waals surface area contributed by atoms with Crippen molar-refractivity contribution in [3.05, 3.63) is 33.3 Å². The van der Waals surface area contributed by atoms with Crippen molar-refractivity contribution in [2.24, 2.45) is 11.7 Å². The second kappa shape index (κ2) is 6.35. The van der Waals surface area contributed by atoms with Gasteiger partial charge in [0.1, 0.15) is 0 Å². The molecule has 0 bridgehead atoms. The van der Waals surface area contributed by atoms with Crippen molar-refractivity contribution < 1.29 is 0 Å². The first-order chi connectivity index (χ1) is 9.70. The Kier molecular flexibility index (Phi) is 4.71. The first kappa shape index (κ1) is 14.8. The Morgan fingerprint density at radius 3 is 2.90 bits per heavy atom. The predicted octanol–water partition coefficient (Wildman–Crippen LogP) is 4.37. The number of rotatable bonds is 3. The van der Waals surface area contributed by atoms with Gasteiger partial charge in [0.25, 0.3) is 0 Å². The summed E-state index contributed by atoms with van der Waals surface area (Å²) in [4.78, 5) is 2.62. The van der Waals surface area contributed by atoms with Gasteiger partial charge in [-0.25, -0.2) is 0 Å². The fourth-order valence-electron chi connectivity index (χ4n) is 4.04. The molecule has 1 aromatic rings. The average Bonchev–Trinajstić information content (AvgIpc) is 2.88. The lowest BCUT2D eigenvalue weighted by Crippen LogP contribution is -2.40. The lowest BCUT2D eigenvalue weighted by molar-refractivity contribution is 0.135. The maximum atomic E-state index is 6.42. The van der Waals surface area contributed by atoms with Crippen LogP contribution in [0.25, 0.3) is 0 Å². The molecule has 0 aromatic heterocycles. The van der Waals surface area contributed by atoms with Gasteiger partial charge in [-0.1, -0.05) is 40.4 Å². The Labute approximate surface area is 134 Å². The largest absolute Gasteiger partial charge is 0.329 e. The zero-order valence-electron chi connectivity index (χ0n) is 11.7. The lowest BCUT2D eigenvalue weighted by atomic mass is 9.84. The fraction of sp³-hybridized carbons (Fsp3) is 0.625. The van der Waals surface area contributed by atoms with Gasteiger partial charge in [0.05, 0.1) is 0 Å². The van der Waals surface area contributed by atoms with Crippen LogP contribution in [0.4, 0.5) is 0 Å². The first-order valence-corrected chi connectivity index (χ1v) is 8.78. The number of hydrogen-bond acceptors (Lipinski definition) is 2. The quantitative estimate of drug-likeness (QED) is 0.870. The summed E-state index contributed by atoms with van der Waals surface area (Å²) in [6.07, 6.45) is 6.81. The smallest absolute Gasteiger partial charge is 0.0488 e. The molecule has 3 rings (SSSR count). The summed E-state index contributed by atoms with van der Waals surface area (Å²) in [5.74, 6) is 0.878. The highest BCUT2D eigenvalue weighted by molar-refractivity contribution is 9.10. The van der Waals surface area contributed by atoms with E-state index in [4.69, 9.17) is 17.3 Å². The molecular weight excluding hydrogens is 336 g/mol. The van der Waals surface area contributed by atoms with E-state index in [9.17, 15) is 0 Å². The van der Waals surface area contributed by atoms with E-state index >= 15 is 0 Å². The highest BCUT2D eigenvalue weighted by Gasteiger charge is 2.39. The first-order valence-electron chi connectivity index (χ1n) is 7.61. The molecule has 1 saturated carbocycles. The maximum absolute atomic E-state index is 6.42. The van der Waals surface area contributed by atoms with Crippen LogP contribution in [0, 0.1) is 5.92 Å². The van der Waals surface area contributed by atoms with Gasteiger partial charge in [-0.15, -0.1) is 0 Å². The summed E-state index contributed by atoms with van der Waals surface area (Å²) in [6, 6.07) is 7.07. The van der Waals surface area contributed by atoms with Crippen LogP contribution in [0.1, 0.15) is 43.7 Å². The minimum atomic E-state index is 0.257. The van der Waals surface area contributed by atoms with Crippen molar-refractivity contribution in [3.8, 4) is 0 Å². The van der Waals surface area contributed by atoms with E-state index in [1.807, 2.05) is 12.1 Å². The molecule has 0 amide bonds. The molecule has 0 radical (unpaired) electrons. The molecule has 2 N–H and O–H groups in total. The molecule has 1 aliphatic heterocycles. The molecule has 0 spiro atoms. The molecule has 1 aliphatic carbocycles. The van der Waals surface area contributed by atoms with Crippen LogP contribution >= 0.6 is 27.5 Å². The van der Waals surface area contributed by atoms with E-state index in [0.29, 0.717) is 12.6 Å². The molecule has 110 valence electrons. The molecule has 2 aliphatic rings. The van der Waals surface area contributed by atoms with Crippen molar-refractivity contribution in [3.63, 3.8) is 0 Å². The van der Waals surface area contributed by atoms with Crippen molar-refractivity contribution in [1.29, 1.82) is 0 Å². The molecule has 4 heteroatoms. The van der Waals surface area contributed by atoms with E-state index in [0.717, 1.165) is 15.4 Å². The predicted molar refractivity (Wildman–Crippen MR) is 88.0 cm³/mol. The van der Waals surface area contributed by atoms with Crippen molar-refractivity contribution in [2.45, 2.75) is 44.2 Å². The summed E-state index contributed by atoms with van der Waals surface area (Å²) in [5.41, 5.74) is 7.29. The Bertz CT molecular complexity index is 480. The topological polar surface area (TPSA) is 29.3 Å².